The maximum atomic E-state index is 13.8. The Kier molecular flexibility index (Phi) is 4.77. The predicted molar refractivity (Wildman–Crippen MR) is 61.5 cm³/mol. The van der Waals surface area contributed by atoms with Gasteiger partial charge in [-0.3, -0.25) is 4.79 Å². The number of carbonyl (C=O) groups excluding carboxylic acids is 1. The van der Waals surface area contributed by atoms with Gasteiger partial charge >= 0.3 is 5.97 Å². The lowest BCUT2D eigenvalue weighted by Gasteiger charge is -2.10. The van der Waals surface area contributed by atoms with E-state index in [0.717, 1.165) is 0 Å². The van der Waals surface area contributed by atoms with E-state index in [9.17, 15) is 19.1 Å². The summed E-state index contributed by atoms with van der Waals surface area (Å²) in [7, 11) is 0. The number of carboxylic acids is 1. The van der Waals surface area contributed by atoms with Crippen molar-refractivity contribution in [2.24, 2.45) is 0 Å². The number of aliphatic hydroxyl groups is 1. The van der Waals surface area contributed by atoms with Gasteiger partial charge in [0.2, 0.25) is 0 Å². The van der Waals surface area contributed by atoms with Crippen LogP contribution in [0.3, 0.4) is 0 Å². The fraction of sp³-hybridized carbons (Fsp3) is 0.273. The van der Waals surface area contributed by atoms with Gasteiger partial charge in [-0.2, -0.15) is 0 Å². The summed E-state index contributed by atoms with van der Waals surface area (Å²) in [6.07, 6.45) is -2.06. The minimum atomic E-state index is -1.92. The van der Waals surface area contributed by atoms with E-state index in [1.54, 1.807) is 0 Å². The molecule has 2 N–H and O–H groups in total. The van der Waals surface area contributed by atoms with Crippen LogP contribution in [0.4, 0.5) is 4.39 Å². The van der Waals surface area contributed by atoms with Crippen molar-refractivity contribution in [2.75, 3.05) is 5.33 Å². The molecule has 0 bridgehead atoms. The van der Waals surface area contributed by atoms with E-state index in [-0.39, 0.29) is 28.7 Å². The van der Waals surface area contributed by atoms with E-state index in [1.165, 1.54) is 18.2 Å². The second-order valence-electron chi connectivity index (χ2n) is 3.41. The van der Waals surface area contributed by atoms with Gasteiger partial charge in [0.05, 0.1) is 5.33 Å². The summed E-state index contributed by atoms with van der Waals surface area (Å²) in [4.78, 5) is 21.7. The number of carbonyl (C=O) groups is 2. The third kappa shape index (κ3) is 3.34. The van der Waals surface area contributed by atoms with Crippen LogP contribution in [0, 0.1) is 5.82 Å². The fourth-order valence-corrected chi connectivity index (χ4v) is 1.54. The molecule has 1 aromatic carbocycles. The molecule has 0 aliphatic carbocycles. The predicted octanol–water partition coefficient (Wildman–Crippen LogP) is 1.45. The molecule has 0 heterocycles. The van der Waals surface area contributed by atoms with Crippen LogP contribution in [0.5, 0.6) is 0 Å². The summed E-state index contributed by atoms with van der Waals surface area (Å²) in [5.41, 5.74) is -0.260. The summed E-state index contributed by atoms with van der Waals surface area (Å²) in [5, 5.41) is 17.9. The highest BCUT2D eigenvalue weighted by atomic mass is 79.9. The molecular formula is C11H10BrFO4. The molecule has 1 unspecified atom stereocenters. The lowest BCUT2D eigenvalue weighted by atomic mass is 10.0. The molecule has 0 amide bonds. The highest BCUT2D eigenvalue weighted by Crippen LogP contribution is 2.21. The minimum absolute atomic E-state index is 0.0762. The first kappa shape index (κ1) is 13.8. The molecule has 4 nitrogen and oxygen atoms in total. The number of hydrogen-bond donors (Lipinski definition) is 2. The Morgan fingerprint density at radius 2 is 2.06 bits per heavy atom. The van der Waals surface area contributed by atoms with Gasteiger partial charge < -0.3 is 10.2 Å². The van der Waals surface area contributed by atoms with Crippen molar-refractivity contribution in [1.29, 1.82) is 0 Å². The molecule has 17 heavy (non-hydrogen) atoms. The maximum Gasteiger partial charge on any atom is 0.337 e. The van der Waals surface area contributed by atoms with Gasteiger partial charge in [-0.05, 0) is 5.56 Å². The molecule has 0 aromatic heterocycles. The van der Waals surface area contributed by atoms with Gasteiger partial charge in [-0.15, -0.1) is 0 Å². The van der Waals surface area contributed by atoms with Crippen LogP contribution in [0.15, 0.2) is 18.2 Å². The topological polar surface area (TPSA) is 74.6 Å². The van der Waals surface area contributed by atoms with E-state index >= 15 is 0 Å². The van der Waals surface area contributed by atoms with Crippen LogP contribution in [-0.4, -0.2) is 27.3 Å². The van der Waals surface area contributed by atoms with Crippen LogP contribution in [0.1, 0.15) is 17.2 Å². The number of halogens is 2. The zero-order valence-electron chi connectivity index (χ0n) is 8.69. The fourth-order valence-electron chi connectivity index (χ4n) is 1.34. The van der Waals surface area contributed by atoms with Crippen LogP contribution in [-0.2, 0) is 16.0 Å². The highest BCUT2D eigenvalue weighted by Gasteiger charge is 2.22. The Balaban J connectivity index is 3.07. The van der Waals surface area contributed by atoms with Crippen molar-refractivity contribution in [3.63, 3.8) is 0 Å². The van der Waals surface area contributed by atoms with Gasteiger partial charge in [-0.25, -0.2) is 9.18 Å². The largest absolute Gasteiger partial charge is 0.479 e. The first-order valence-corrected chi connectivity index (χ1v) is 5.85. The average Bonchev–Trinajstić information content (AvgIpc) is 2.30. The molecule has 0 radical (unpaired) electrons. The number of hydrogen-bond acceptors (Lipinski definition) is 3. The smallest absolute Gasteiger partial charge is 0.337 e. The van der Waals surface area contributed by atoms with Crippen molar-refractivity contribution in [3.8, 4) is 0 Å². The van der Waals surface area contributed by atoms with E-state index in [0.29, 0.717) is 0 Å². The highest BCUT2D eigenvalue weighted by molar-refractivity contribution is 9.09. The van der Waals surface area contributed by atoms with Crippen molar-refractivity contribution in [1.82, 2.24) is 0 Å². The molecule has 0 aliphatic rings. The number of Topliss-reactive ketones (excluding diaryl/α,β-unsaturated/α-hetero) is 1. The molecule has 6 heteroatoms. The molecule has 1 aromatic rings. The van der Waals surface area contributed by atoms with E-state index < -0.39 is 17.9 Å². The molecule has 0 aliphatic heterocycles. The number of alkyl halides is 1. The Labute approximate surface area is 105 Å². The maximum absolute atomic E-state index is 13.8. The summed E-state index contributed by atoms with van der Waals surface area (Å²) >= 11 is 2.95. The normalized spacial score (nSPS) is 12.2. The standard InChI is InChI=1S/C11H10BrFO4/c12-5-7(14)4-6-2-1-3-8(9(6)13)10(15)11(16)17/h1-3,10,15H,4-5H2,(H,16,17). The molecule has 0 saturated heterocycles. The summed E-state index contributed by atoms with van der Waals surface area (Å²) in [6.45, 7) is 0. The number of ketones is 1. The molecule has 0 saturated carbocycles. The average molecular weight is 305 g/mol. The van der Waals surface area contributed by atoms with Gasteiger partial charge in [0.25, 0.3) is 0 Å². The number of carboxylic acid groups (broad SMARTS) is 1. The van der Waals surface area contributed by atoms with E-state index in [2.05, 4.69) is 15.9 Å². The Bertz CT molecular complexity index is 447. The molecule has 0 spiro atoms. The second kappa shape index (κ2) is 5.88. The first-order valence-electron chi connectivity index (χ1n) is 4.73. The second-order valence-corrected chi connectivity index (χ2v) is 3.97. The zero-order valence-corrected chi connectivity index (χ0v) is 10.3. The lowest BCUT2D eigenvalue weighted by molar-refractivity contribution is -0.147. The summed E-state index contributed by atoms with van der Waals surface area (Å²) in [5.74, 6) is -2.62. The molecule has 1 rings (SSSR count). The summed E-state index contributed by atoms with van der Waals surface area (Å²) in [6, 6.07) is 3.96. The van der Waals surface area contributed by atoms with Crippen molar-refractivity contribution in [2.45, 2.75) is 12.5 Å². The quantitative estimate of drug-likeness (QED) is 0.808. The molecular weight excluding hydrogens is 295 g/mol. The Morgan fingerprint density at radius 3 is 2.59 bits per heavy atom. The Hall–Kier alpha value is -1.27. The third-order valence-corrected chi connectivity index (χ3v) is 2.80. The monoisotopic (exact) mass is 304 g/mol. The summed E-state index contributed by atoms with van der Waals surface area (Å²) < 4.78 is 13.8. The molecule has 0 fully saturated rings. The lowest BCUT2D eigenvalue weighted by Crippen LogP contribution is -2.14. The zero-order chi connectivity index (χ0) is 13.0. The minimum Gasteiger partial charge on any atom is -0.479 e. The van der Waals surface area contributed by atoms with E-state index in [4.69, 9.17) is 5.11 Å². The van der Waals surface area contributed by atoms with Crippen molar-refractivity contribution >= 4 is 27.7 Å². The van der Waals surface area contributed by atoms with Gasteiger partial charge in [0.15, 0.2) is 6.10 Å². The molecule has 1 atom stereocenters. The van der Waals surface area contributed by atoms with E-state index in [1.807, 2.05) is 0 Å². The number of benzene rings is 1. The number of aliphatic carboxylic acids is 1. The van der Waals surface area contributed by atoms with Crippen LogP contribution >= 0.6 is 15.9 Å². The Morgan fingerprint density at radius 1 is 1.41 bits per heavy atom. The van der Waals surface area contributed by atoms with Gasteiger partial charge in [0.1, 0.15) is 11.6 Å². The van der Waals surface area contributed by atoms with Crippen molar-refractivity contribution in [3.05, 3.63) is 35.1 Å². The number of rotatable bonds is 5. The third-order valence-electron chi connectivity index (χ3n) is 2.17. The number of aliphatic hydroxyl groups excluding tert-OH is 1. The van der Waals surface area contributed by atoms with Crippen LogP contribution < -0.4 is 0 Å². The van der Waals surface area contributed by atoms with Crippen LogP contribution in [0.25, 0.3) is 0 Å². The van der Waals surface area contributed by atoms with Gasteiger partial charge in [0, 0.05) is 12.0 Å². The first-order chi connectivity index (χ1) is 7.97. The van der Waals surface area contributed by atoms with Gasteiger partial charge in [-0.1, -0.05) is 34.1 Å². The molecule has 92 valence electrons. The van der Waals surface area contributed by atoms with Crippen LogP contribution in [0.2, 0.25) is 0 Å². The SMILES string of the molecule is O=C(CBr)Cc1cccc(C(O)C(=O)O)c1F. The van der Waals surface area contributed by atoms with Crippen molar-refractivity contribution < 1.29 is 24.2 Å².